The summed E-state index contributed by atoms with van der Waals surface area (Å²) < 4.78 is 0. The van der Waals surface area contributed by atoms with E-state index >= 15 is 0 Å². The van der Waals surface area contributed by atoms with Crippen molar-refractivity contribution in [2.45, 2.75) is 19.9 Å². The standard InChI is InChI=1S/C27H20ClN3O3S/c1-15-11-12-18(28)14-20(15)31-22(19-10-6-7-13-29-19)21(24(33)27(31)34)23(32)25-16(2)30-26(35-25)17-8-4-3-5-9-17/h3-14,22,33H,1-2H3. The van der Waals surface area contributed by atoms with Gasteiger partial charge in [0.1, 0.15) is 11.0 Å². The Morgan fingerprint density at radius 3 is 2.51 bits per heavy atom. The Morgan fingerprint density at radius 2 is 1.80 bits per heavy atom. The average molecular weight is 502 g/mol. The summed E-state index contributed by atoms with van der Waals surface area (Å²) in [4.78, 5) is 38.1. The number of ketones is 1. The van der Waals surface area contributed by atoms with E-state index in [4.69, 9.17) is 11.6 Å². The van der Waals surface area contributed by atoms with E-state index < -0.39 is 23.5 Å². The highest BCUT2D eigenvalue weighted by Gasteiger charge is 2.46. The van der Waals surface area contributed by atoms with E-state index in [-0.39, 0.29) is 5.57 Å². The molecule has 1 N–H and O–H groups in total. The number of halogens is 1. The fraction of sp³-hybridized carbons (Fsp3) is 0.111. The van der Waals surface area contributed by atoms with E-state index in [1.165, 1.54) is 16.2 Å². The van der Waals surface area contributed by atoms with Gasteiger partial charge in [-0.3, -0.25) is 19.5 Å². The molecule has 5 rings (SSSR count). The molecule has 1 amide bonds. The van der Waals surface area contributed by atoms with Crippen LogP contribution in [0, 0.1) is 13.8 Å². The van der Waals surface area contributed by atoms with Crippen molar-refractivity contribution in [3.63, 3.8) is 0 Å². The zero-order chi connectivity index (χ0) is 24.7. The Morgan fingerprint density at radius 1 is 1.06 bits per heavy atom. The fourth-order valence-corrected chi connectivity index (χ4v) is 5.37. The molecule has 0 saturated heterocycles. The molecule has 0 aliphatic carbocycles. The van der Waals surface area contributed by atoms with Crippen LogP contribution in [0.1, 0.15) is 32.7 Å². The molecule has 1 unspecified atom stereocenters. The zero-order valence-electron chi connectivity index (χ0n) is 18.9. The van der Waals surface area contributed by atoms with Gasteiger partial charge in [0.05, 0.1) is 21.8 Å². The number of benzene rings is 2. The first-order valence-electron chi connectivity index (χ1n) is 10.9. The number of aryl methyl sites for hydroxylation is 2. The minimum Gasteiger partial charge on any atom is -0.503 e. The number of aliphatic hydroxyl groups excluding tert-OH is 1. The molecule has 3 heterocycles. The number of hydrogen-bond donors (Lipinski definition) is 1. The lowest BCUT2D eigenvalue weighted by atomic mass is 9.98. The van der Waals surface area contributed by atoms with Crippen molar-refractivity contribution in [3.8, 4) is 10.6 Å². The number of rotatable bonds is 5. The molecule has 8 heteroatoms. The minimum absolute atomic E-state index is 0.0283. The van der Waals surface area contributed by atoms with Crippen LogP contribution in [0.2, 0.25) is 5.02 Å². The molecule has 35 heavy (non-hydrogen) atoms. The summed E-state index contributed by atoms with van der Waals surface area (Å²) >= 11 is 7.48. The van der Waals surface area contributed by atoms with Crippen LogP contribution in [-0.4, -0.2) is 26.8 Å². The molecule has 0 fully saturated rings. The van der Waals surface area contributed by atoms with Crippen LogP contribution >= 0.6 is 22.9 Å². The third-order valence-electron chi connectivity index (χ3n) is 5.87. The van der Waals surface area contributed by atoms with Gasteiger partial charge in [0.25, 0.3) is 5.91 Å². The predicted octanol–water partition coefficient (Wildman–Crippen LogP) is 6.26. The molecule has 0 radical (unpaired) electrons. The van der Waals surface area contributed by atoms with Gasteiger partial charge in [0, 0.05) is 22.5 Å². The number of Topliss-reactive ketones (excluding diaryl/α,β-unsaturated/α-hetero) is 1. The number of amides is 1. The van der Waals surface area contributed by atoms with Crippen molar-refractivity contribution < 1.29 is 14.7 Å². The molecule has 0 saturated carbocycles. The molecule has 1 aliphatic rings. The lowest BCUT2D eigenvalue weighted by Crippen LogP contribution is -2.32. The van der Waals surface area contributed by atoms with Crippen LogP contribution in [0.25, 0.3) is 10.6 Å². The van der Waals surface area contributed by atoms with Gasteiger partial charge in [0.15, 0.2) is 5.76 Å². The van der Waals surface area contributed by atoms with Gasteiger partial charge in [-0.15, -0.1) is 11.3 Å². The largest absolute Gasteiger partial charge is 0.503 e. The highest BCUT2D eigenvalue weighted by Crippen LogP contribution is 2.44. The van der Waals surface area contributed by atoms with E-state index in [1.54, 1.807) is 49.5 Å². The van der Waals surface area contributed by atoms with Crippen molar-refractivity contribution in [3.05, 3.63) is 111 Å². The average Bonchev–Trinajstić information content (AvgIpc) is 3.39. The van der Waals surface area contributed by atoms with Crippen LogP contribution in [0.4, 0.5) is 5.69 Å². The molecule has 0 bridgehead atoms. The summed E-state index contributed by atoms with van der Waals surface area (Å²) in [5.74, 6) is -1.73. The molecule has 174 valence electrons. The van der Waals surface area contributed by atoms with Gasteiger partial charge in [-0.2, -0.15) is 0 Å². The second kappa shape index (κ2) is 9.09. The maximum Gasteiger partial charge on any atom is 0.294 e. The number of thiazole rings is 1. The molecule has 4 aromatic rings. The van der Waals surface area contributed by atoms with Gasteiger partial charge < -0.3 is 5.11 Å². The number of hydrogen-bond acceptors (Lipinski definition) is 6. The molecule has 2 aromatic carbocycles. The van der Waals surface area contributed by atoms with Gasteiger partial charge in [-0.25, -0.2) is 4.98 Å². The number of carbonyl (C=O) groups excluding carboxylic acids is 2. The normalized spacial score (nSPS) is 15.7. The third-order valence-corrected chi connectivity index (χ3v) is 7.32. The summed E-state index contributed by atoms with van der Waals surface area (Å²) in [5.41, 5.74) is 3.11. The zero-order valence-corrected chi connectivity index (χ0v) is 20.5. The minimum atomic E-state index is -0.921. The smallest absolute Gasteiger partial charge is 0.294 e. The first kappa shape index (κ1) is 23.0. The lowest BCUT2D eigenvalue weighted by molar-refractivity contribution is -0.117. The lowest BCUT2D eigenvalue weighted by Gasteiger charge is -2.27. The molecule has 0 spiro atoms. The summed E-state index contributed by atoms with van der Waals surface area (Å²) in [7, 11) is 0. The molecule has 6 nitrogen and oxygen atoms in total. The van der Waals surface area contributed by atoms with E-state index in [0.29, 0.717) is 32.0 Å². The summed E-state index contributed by atoms with van der Waals surface area (Å²) in [5, 5.41) is 12.1. The van der Waals surface area contributed by atoms with E-state index in [1.807, 2.05) is 37.3 Å². The summed E-state index contributed by atoms with van der Waals surface area (Å²) in [6.07, 6.45) is 1.59. The van der Waals surface area contributed by atoms with Crippen LogP contribution in [0.3, 0.4) is 0 Å². The van der Waals surface area contributed by atoms with Crippen molar-refractivity contribution in [1.29, 1.82) is 0 Å². The third kappa shape index (κ3) is 4.03. The Labute approximate surface area is 211 Å². The monoisotopic (exact) mass is 501 g/mol. The van der Waals surface area contributed by atoms with Crippen LogP contribution in [0.5, 0.6) is 0 Å². The first-order chi connectivity index (χ1) is 16.9. The molecule has 2 aromatic heterocycles. The number of carbonyl (C=O) groups is 2. The highest BCUT2D eigenvalue weighted by atomic mass is 35.5. The molecular weight excluding hydrogens is 482 g/mol. The van der Waals surface area contributed by atoms with E-state index in [9.17, 15) is 14.7 Å². The maximum atomic E-state index is 13.9. The maximum absolute atomic E-state index is 13.9. The SMILES string of the molecule is Cc1ccc(Cl)cc1N1C(=O)C(O)=C(C(=O)c2sc(-c3ccccc3)nc2C)C1c1ccccn1. The van der Waals surface area contributed by atoms with Crippen LogP contribution in [-0.2, 0) is 4.79 Å². The number of aromatic nitrogens is 2. The predicted molar refractivity (Wildman–Crippen MR) is 137 cm³/mol. The van der Waals surface area contributed by atoms with Gasteiger partial charge in [-0.05, 0) is 43.7 Å². The number of nitrogens with zero attached hydrogens (tertiary/aromatic N) is 3. The van der Waals surface area contributed by atoms with Crippen molar-refractivity contribution in [2.24, 2.45) is 0 Å². The first-order valence-corrected chi connectivity index (χ1v) is 12.1. The van der Waals surface area contributed by atoms with Gasteiger partial charge in [-0.1, -0.05) is 54.1 Å². The second-order valence-electron chi connectivity index (χ2n) is 8.15. The summed E-state index contributed by atoms with van der Waals surface area (Å²) in [6, 6.07) is 19.0. The Kier molecular flexibility index (Phi) is 5.96. The van der Waals surface area contributed by atoms with E-state index in [0.717, 1.165) is 11.1 Å². The Balaban J connectivity index is 1.65. The molecular formula is C27H20ClN3O3S. The van der Waals surface area contributed by atoms with Crippen LogP contribution < -0.4 is 4.90 Å². The van der Waals surface area contributed by atoms with Crippen LogP contribution in [0.15, 0.2) is 84.3 Å². The van der Waals surface area contributed by atoms with E-state index in [2.05, 4.69) is 9.97 Å². The second-order valence-corrected chi connectivity index (χ2v) is 9.59. The number of pyridine rings is 1. The highest BCUT2D eigenvalue weighted by molar-refractivity contribution is 7.17. The van der Waals surface area contributed by atoms with Gasteiger partial charge in [0.2, 0.25) is 5.78 Å². The Hall–Kier alpha value is -3.81. The Bertz CT molecular complexity index is 1480. The molecule has 1 atom stereocenters. The number of aliphatic hydroxyl groups is 1. The van der Waals surface area contributed by atoms with Crippen molar-refractivity contribution >= 4 is 40.3 Å². The summed E-state index contributed by atoms with van der Waals surface area (Å²) in [6.45, 7) is 3.59. The fourth-order valence-electron chi connectivity index (χ4n) is 4.18. The topological polar surface area (TPSA) is 83.4 Å². The molecule has 1 aliphatic heterocycles. The quantitative estimate of drug-likeness (QED) is 0.326. The van der Waals surface area contributed by atoms with Crippen molar-refractivity contribution in [2.75, 3.05) is 4.90 Å². The van der Waals surface area contributed by atoms with Gasteiger partial charge >= 0.3 is 0 Å². The van der Waals surface area contributed by atoms with Crippen molar-refractivity contribution in [1.82, 2.24) is 9.97 Å². The number of anilines is 1.